The van der Waals surface area contributed by atoms with E-state index in [1.165, 1.54) is 48.5 Å². The fraction of sp³-hybridized carbons (Fsp3) is 0. The molecule has 0 saturated carbocycles. The molecule has 0 saturated heterocycles. The van der Waals surface area contributed by atoms with Crippen LogP contribution < -0.4 is 10.2 Å². The van der Waals surface area contributed by atoms with Gasteiger partial charge in [0.2, 0.25) is 0 Å². The second-order valence-corrected chi connectivity index (χ2v) is 3.60. The fourth-order valence-electron chi connectivity index (χ4n) is 1.29. The summed E-state index contributed by atoms with van der Waals surface area (Å²) >= 11 is 0. The Kier molecular flexibility index (Phi) is 12.9. The van der Waals surface area contributed by atoms with Gasteiger partial charge in [0.15, 0.2) is 0 Å². The molecule has 0 atom stereocenters. The summed E-state index contributed by atoms with van der Waals surface area (Å²) in [6.07, 6.45) is 0. The van der Waals surface area contributed by atoms with Gasteiger partial charge in [-0.15, -0.1) is 0 Å². The molecule has 0 unspecified atom stereocenters. The number of carboxylic acid groups (broad SMARTS) is 2. The Morgan fingerprint density at radius 3 is 1.14 bits per heavy atom. The summed E-state index contributed by atoms with van der Waals surface area (Å²) in [5.74, 6) is -3.25. The molecule has 0 aliphatic carbocycles. The van der Waals surface area contributed by atoms with Crippen molar-refractivity contribution in [1.29, 1.82) is 0 Å². The summed E-state index contributed by atoms with van der Waals surface area (Å²) in [5.41, 5.74) is -0.356. The van der Waals surface area contributed by atoms with Crippen molar-refractivity contribution in [3.63, 3.8) is 0 Å². The zero-order chi connectivity index (χ0) is 15.1. The second kappa shape index (κ2) is 12.0. The average Bonchev–Trinajstić information content (AvgIpc) is 2.40. The van der Waals surface area contributed by atoms with Crippen LogP contribution in [0, 0.1) is 0 Å². The zero-order valence-corrected chi connectivity index (χ0v) is 16.0. The summed E-state index contributed by atoms with van der Waals surface area (Å²) in [6, 6.07) is 11.1. The minimum Gasteiger partial charge on any atom is -0.872 e. The van der Waals surface area contributed by atoms with Gasteiger partial charge in [-0.2, -0.15) is 0 Å². The number of hydrogen-bond donors (Lipinski definition) is 2. The van der Waals surface area contributed by atoms with Crippen LogP contribution in [0.15, 0.2) is 48.5 Å². The molecule has 8 heteroatoms. The maximum atomic E-state index is 10.7. The quantitative estimate of drug-likeness (QED) is 0.741. The van der Waals surface area contributed by atoms with Gasteiger partial charge >= 0.3 is 87.4 Å². The smallest absolute Gasteiger partial charge is 0.872 e. The van der Waals surface area contributed by atoms with Crippen molar-refractivity contribution < 1.29 is 30.0 Å². The molecule has 2 aromatic carbocycles. The molecule has 0 aromatic heterocycles. The van der Waals surface area contributed by atoms with Crippen LogP contribution in [0.3, 0.4) is 0 Å². The molecule has 104 valence electrons. The zero-order valence-electron chi connectivity index (χ0n) is 11.6. The third-order valence-corrected chi connectivity index (χ3v) is 2.23. The summed E-state index contributed by atoms with van der Waals surface area (Å²) in [5, 5.41) is 38.1. The van der Waals surface area contributed by atoms with Crippen molar-refractivity contribution in [1.82, 2.24) is 0 Å². The number of benzene rings is 2. The standard InChI is InChI=1S/2C7H6O3.2Ca/c2*8-6-4-2-1-3-5(6)7(9)10;;/h2*1-4,8H,(H,9,10);;/q;;2*+2/p-2. The van der Waals surface area contributed by atoms with E-state index in [1.807, 2.05) is 0 Å². The average molecular weight is 354 g/mol. The number of hydrogen-bond acceptors (Lipinski definition) is 4. The monoisotopic (exact) mass is 354 g/mol. The van der Waals surface area contributed by atoms with Gasteiger partial charge < -0.3 is 20.4 Å². The van der Waals surface area contributed by atoms with Crippen LogP contribution in [-0.4, -0.2) is 97.6 Å². The van der Waals surface area contributed by atoms with Gasteiger partial charge in [0, 0.05) is 0 Å². The number of para-hydroxylation sites is 2. The van der Waals surface area contributed by atoms with E-state index in [0.717, 1.165) is 0 Å². The van der Waals surface area contributed by atoms with Crippen molar-refractivity contribution >= 4 is 87.4 Å². The molecular weight excluding hydrogens is 344 g/mol. The van der Waals surface area contributed by atoms with E-state index in [0.29, 0.717) is 0 Å². The van der Waals surface area contributed by atoms with Gasteiger partial charge in [0.05, 0.1) is 11.1 Å². The van der Waals surface area contributed by atoms with Gasteiger partial charge in [0.1, 0.15) is 0 Å². The first-order chi connectivity index (χ1) is 9.43. The largest absolute Gasteiger partial charge is 2.00 e. The van der Waals surface area contributed by atoms with Crippen molar-refractivity contribution in [2.75, 3.05) is 0 Å². The summed E-state index contributed by atoms with van der Waals surface area (Å²) in [4.78, 5) is 20.4. The molecule has 2 aromatic rings. The van der Waals surface area contributed by atoms with E-state index in [9.17, 15) is 19.8 Å². The Morgan fingerprint density at radius 1 is 0.682 bits per heavy atom. The Balaban J connectivity index is 0. The molecule has 0 aliphatic rings. The molecule has 0 radical (unpaired) electrons. The molecule has 0 fully saturated rings. The van der Waals surface area contributed by atoms with Crippen molar-refractivity contribution in [2.24, 2.45) is 0 Å². The van der Waals surface area contributed by atoms with E-state index in [-0.39, 0.29) is 86.6 Å². The Morgan fingerprint density at radius 2 is 0.955 bits per heavy atom. The summed E-state index contributed by atoms with van der Waals surface area (Å²) in [7, 11) is 0. The van der Waals surface area contributed by atoms with Crippen LogP contribution >= 0.6 is 0 Å². The van der Waals surface area contributed by atoms with Gasteiger partial charge in [0.25, 0.3) is 0 Å². The predicted molar refractivity (Wildman–Crippen MR) is 77.2 cm³/mol. The molecule has 2 N–H and O–H groups in total. The molecular formula is C14H10Ca2O6+2. The van der Waals surface area contributed by atoms with Crippen LogP contribution in [0.25, 0.3) is 0 Å². The molecule has 0 aliphatic heterocycles. The van der Waals surface area contributed by atoms with Crippen molar-refractivity contribution in [3.05, 3.63) is 59.7 Å². The molecule has 0 heterocycles. The Hall–Kier alpha value is -0.501. The first-order valence-corrected chi connectivity index (χ1v) is 5.42. The topological polar surface area (TPSA) is 121 Å². The maximum absolute atomic E-state index is 10.7. The van der Waals surface area contributed by atoms with Crippen LogP contribution in [0.1, 0.15) is 20.7 Å². The third kappa shape index (κ3) is 7.67. The molecule has 6 nitrogen and oxygen atoms in total. The van der Waals surface area contributed by atoms with Gasteiger partial charge in [-0.3, -0.25) is 0 Å². The van der Waals surface area contributed by atoms with E-state index in [1.54, 1.807) is 0 Å². The van der Waals surface area contributed by atoms with Crippen LogP contribution in [0.2, 0.25) is 0 Å². The SMILES string of the molecule is O=C(O)c1ccccc1[O-].O=C(O)c1ccccc1[O-].[Ca+2].[Ca+2]. The molecule has 2 rings (SSSR count). The minimum absolute atomic E-state index is 0. The number of aromatic carboxylic acids is 2. The van der Waals surface area contributed by atoms with Crippen LogP contribution in [0.5, 0.6) is 11.5 Å². The summed E-state index contributed by atoms with van der Waals surface area (Å²) < 4.78 is 0. The number of rotatable bonds is 2. The molecule has 0 bridgehead atoms. The molecule has 0 amide bonds. The van der Waals surface area contributed by atoms with Gasteiger partial charge in [-0.1, -0.05) is 47.9 Å². The van der Waals surface area contributed by atoms with E-state index < -0.39 is 23.4 Å². The number of carbonyl (C=O) groups is 2. The maximum Gasteiger partial charge on any atom is 2.00 e. The van der Waals surface area contributed by atoms with E-state index in [4.69, 9.17) is 10.2 Å². The predicted octanol–water partition coefficient (Wildman–Crippen LogP) is 0.155. The minimum atomic E-state index is -1.18. The first kappa shape index (κ1) is 23.8. The Bertz CT molecular complexity index is 575. The van der Waals surface area contributed by atoms with Crippen molar-refractivity contribution in [3.8, 4) is 11.5 Å². The Labute approximate surface area is 186 Å². The van der Waals surface area contributed by atoms with E-state index in [2.05, 4.69) is 0 Å². The fourth-order valence-corrected chi connectivity index (χ4v) is 1.29. The van der Waals surface area contributed by atoms with E-state index >= 15 is 0 Å². The summed E-state index contributed by atoms with van der Waals surface area (Å²) in [6.45, 7) is 0. The first-order valence-electron chi connectivity index (χ1n) is 5.42. The third-order valence-electron chi connectivity index (χ3n) is 2.23. The molecule has 22 heavy (non-hydrogen) atoms. The van der Waals surface area contributed by atoms with Crippen LogP contribution in [0.4, 0.5) is 0 Å². The number of carboxylic acids is 2. The second-order valence-electron chi connectivity index (χ2n) is 3.60. The van der Waals surface area contributed by atoms with Gasteiger partial charge in [-0.25, -0.2) is 9.59 Å². The van der Waals surface area contributed by atoms with Crippen molar-refractivity contribution in [2.45, 2.75) is 0 Å². The normalized spacial score (nSPS) is 8.36. The van der Waals surface area contributed by atoms with Crippen LogP contribution in [-0.2, 0) is 0 Å². The molecule has 0 spiro atoms. The van der Waals surface area contributed by atoms with Gasteiger partial charge in [-0.05, 0) is 12.1 Å².